The molecule has 1 atom stereocenters. The molecule has 2 amide bonds. The zero-order chi connectivity index (χ0) is 25.8. The molecule has 0 bridgehead atoms. The van der Waals surface area contributed by atoms with Crippen molar-refractivity contribution in [1.29, 1.82) is 0 Å². The van der Waals surface area contributed by atoms with Crippen LogP contribution in [-0.2, 0) is 20.7 Å². The van der Waals surface area contributed by atoms with Crippen molar-refractivity contribution in [1.82, 2.24) is 5.32 Å². The Bertz CT molecular complexity index is 1150. The van der Waals surface area contributed by atoms with E-state index >= 15 is 0 Å². The third-order valence-corrected chi connectivity index (χ3v) is 5.08. The zero-order valence-corrected chi connectivity index (χ0v) is 20.4. The van der Waals surface area contributed by atoms with Crippen LogP contribution >= 0.6 is 0 Å². The molecule has 2 N–H and O–H groups in total. The summed E-state index contributed by atoms with van der Waals surface area (Å²) >= 11 is 0. The first-order valence-electron chi connectivity index (χ1n) is 11.8. The van der Waals surface area contributed by atoms with Crippen molar-refractivity contribution in [3.63, 3.8) is 0 Å². The molecule has 0 saturated heterocycles. The number of carbonyl (C=O) groups excluding carboxylic acids is 3. The number of nitrogens with one attached hydrogen (secondary N) is 2. The van der Waals surface area contributed by atoms with Crippen LogP contribution in [-0.4, -0.2) is 43.6 Å². The monoisotopic (exact) mass is 490 g/mol. The minimum atomic E-state index is -0.970. The third kappa shape index (κ3) is 7.87. The number of esters is 1. The maximum absolute atomic E-state index is 12.9. The van der Waals surface area contributed by atoms with Gasteiger partial charge in [0.2, 0.25) is 0 Å². The molecule has 3 aromatic rings. The molecule has 36 heavy (non-hydrogen) atoms. The molecule has 0 fully saturated rings. The van der Waals surface area contributed by atoms with E-state index in [-0.39, 0.29) is 6.42 Å². The SMILES string of the molecule is CCOc1ccc(NC(=O)COC(=O)[C@H](Cc2ccccc2)NC(=O)c2ccccc2)cc1OCC. The van der Waals surface area contributed by atoms with Gasteiger partial charge < -0.3 is 24.8 Å². The van der Waals surface area contributed by atoms with Gasteiger partial charge >= 0.3 is 5.97 Å². The lowest BCUT2D eigenvalue weighted by Gasteiger charge is -2.18. The molecule has 0 aliphatic rings. The van der Waals surface area contributed by atoms with Crippen molar-refractivity contribution in [3.8, 4) is 11.5 Å². The van der Waals surface area contributed by atoms with E-state index in [0.717, 1.165) is 5.56 Å². The largest absolute Gasteiger partial charge is 0.490 e. The molecule has 3 rings (SSSR count). The van der Waals surface area contributed by atoms with Gasteiger partial charge in [-0.15, -0.1) is 0 Å². The molecular formula is C28H30N2O6. The average molecular weight is 491 g/mol. The van der Waals surface area contributed by atoms with Crippen molar-refractivity contribution in [2.24, 2.45) is 0 Å². The maximum Gasteiger partial charge on any atom is 0.329 e. The minimum Gasteiger partial charge on any atom is -0.490 e. The van der Waals surface area contributed by atoms with Crippen LogP contribution < -0.4 is 20.1 Å². The van der Waals surface area contributed by atoms with Gasteiger partial charge in [0.15, 0.2) is 18.1 Å². The Kier molecular flexibility index (Phi) is 9.88. The fourth-order valence-corrected chi connectivity index (χ4v) is 3.44. The summed E-state index contributed by atoms with van der Waals surface area (Å²) in [5, 5.41) is 5.40. The van der Waals surface area contributed by atoms with Gasteiger partial charge in [-0.2, -0.15) is 0 Å². The Labute approximate surface area is 210 Å². The second-order valence-electron chi connectivity index (χ2n) is 7.77. The second-order valence-corrected chi connectivity index (χ2v) is 7.77. The molecule has 3 aromatic carbocycles. The number of rotatable bonds is 12. The highest BCUT2D eigenvalue weighted by molar-refractivity contribution is 5.97. The normalized spacial score (nSPS) is 11.2. The van der Waals surface area contributed by atoms with Gasteiger partial charge in [-0.1, -0.05) is 48.5 Å². The summed E-state index contributed by atoms with van der Waals surface area (Å²) in [6.45, 7) is 4.12. The minimum absolute atomic E-state index is 0.219. The highest BCUT2D eigenvalue weighted by Crippen LogP contribution is 2.30. The van der Waals surface area contributed by atoms with E-state index in [1.165, 1.54) is 0 Å². The molecule has 0 heterocycles. The summed E-state index contributed by atoms with van der Waals surface area (Å²) in [7, 11) is 0. The number of anilines is 1. The summed E-state index contributed by atoms with van der Waals surface area (Å²) in [6, 6.07) is 21.9. The summed E-state index contributed by atoms with van der Waals surface area (Å²) < 4.78 is 16.4. The summed E-state index contributed by atoms with van der Waals surface area (Å²) in [4.78, 5) is 38.0. The Morgan fingerprint density at radius 3 is 2.11 bits per heavy atom. The van der Waals surface area contributed by atoms with E-state index in [1.54, 1.807) is 48.5 Å². The number of carbonyl (C=O) groups is 3. The Balaban J connectivity index is 1.63. The van der Waals surface area contributed by atoms with E-state index < -0.39 is 30.4 Å². The molecule has 0 saturated carbocycles. The van der Waals surface area contributed by atoms with Gasteiger partial charge in [-0.3, -0.25) is 9.59 Å². The van der Waals surface area contributed by atoms with Gasteiger partial charge in [0, 0.05) is 23.7 Å². The molecule has 0 spiro atoms. The van der Waals surface area contributed by atoms with Crippen molar-refractivity contribution < 1.29 is 28.6 Å². The lowest BCUT2D eigenvalue weighted by molar-refractivity contribution is -0.149. The predicted octanol–water partition coefficient (Wildman–Crippen LogP) is 4.01. The molecule has 188 valence electrons. The first-order valence-corrected chi connectivity index (χ1v) is 11.8. The Hall–Kier alpha value is -4.33. The third-order valence-electron chi connectivity index (χ3n) is 5.08. The van der Waals surface area contributed by atoms with Crippen LogP contribution in [0.3, 0.4) is 0 Å². The van der Waals surface area contributed by atoms with E-state index in [2.05, 4.69) is 10.6 Å². The van der Waals surface area contributed by atoms with E-state index in [1.807, 2.05) is 44.2 Å². The smallest absolute Gasteiger partial charge is 0.329 e. The van der Waals surface area contributed by atoms with Gasteiger partial charge in [0.1, 0.15) is 6.04 Å². The van der Waals surface area contributed by atoms with Crippen LogP contribution in [0.15, 0.2) is 78.9 Å². The molecule has 0 radical (unpaired) electrons. The molecular weight excluding hydrogens is 460 g/mol. The molecule has 8 heteroatoms. The number of amides is 2. The lowest BCUT2D eigenvalue weighted by atomic mass is 10.1. The van der Waals surface area contributed by atoms with Crippen LogP contribution in [0.2, 0.25) is 0 Å². The van der Waals surface area contributed by atoms with Gasteiger partial charge in [0.25, 0.3) is 11.8 Å². The van der Waals surface area contributed by atoms with Gasteiger partial charge in [0.05, 0.1) is 13.2 Å². The van der Waals surface area contributed by atoms with Crippen LogP contribution in [0.5, 0.6) is 11.5 Å². The zero-order valence-electron chi connectivity index (χ0n) is 20.4. The number of benzene rings is 3. The van der Waals surface area contributed by atoms with Crippen molar-refractivity contribution in [2.45, 2.75) is 26.3 Å². The van der Waals surface area contributed by atoms with Gasteiger partial charge in [-0.05, 0) is 43.7 Å². The summed E-state index contributed by atoms with van der Waals surface area (Å²) in [6.07, 6.45) is 0.219. The van der Waals surface area contributed by atoms with Crippen LogP contribution in [0, 0.1) is 0 Å². The molecule has 0 aliphatic carbocycles. The second kappa shape index (κ2) is 13.5. The first kappa shape index (κ1) is 26.3. The molecule has 0 aromatic heterocycles. The van der Waals surface area contributed by atoms with E-state index in [9.17, 15) is 14.4 Å². The number of hydrogen-bond donors (Lipinski definition) is 2. The number of hydrogen-bond acceptors (Lipinski definition) is 6. The first-order chi connectivity index (χ1) is 17.5. The van der Waals surface area contributed by atoms with Crippen LogP contribution in [0.4, 0.5) is 5.69 Å². The Morgan fingerprint density at radius 1 is 0.806 bits per heavy atom. The number of ether oxygens (including phenoxy) is 3. The lowest BCUT2D eigenvalue weighted by Crippen LogP contribution is -2.44. The van der Waals surface area contributed by atoms with E-state index in [0.29, 0.717) is 36.0 Å². The summed E-state index contributed by atoms with van der Waals surface area (Å²) in [5.41, 5.74) is 1.73. The fourth-order valence-electron chi connectivity index (χ4n) is 3.44. The van der Waals surface area contributed by atoms with Crippen LogP contribution in [0.25, 0.3) is 0 Å². The van der Waals surface area contributed by atoms with Crippen molar-refractivity contribution in [2.75, 3.05) is 25.1 Å². The van der Waals surface area contributed by atoms with Gasteiger partial charge in [-0.25, -0.2) is 4.79 Å². The maximum atomic E-state index is 12.9. The fraction of sp³-hybridized carbons (Fsp3) is 0.250. The Morgan fingerprint density at radius 2 is 1.44 bits per heavy atom. The highest BCUT2D eigenvalue weighted by Gasteiger charge is 2.24. The molecule has 0 aliphatic heterocycles. The molecule has 0 unspecified atom stereocenters. The molecule has 8 nitrogen and oxygen atoms in total. The standard InChI is InChI=1S/C28H30N2O6/c1-3-34-24-16-15-22(18-25(24)35-4-2)29-26(31)19-36-28(33)23(17-20-11-7-5-8-12-20)30-27(32)21-13-9-6-10-14-21/h5-16,18,23H,3-4,17,19H2,1-2H3,(H,29,31)(H,30,32)/t23-/m0/s1. The van der Waals surface area contributed by atoms with Crippen LogP contribution in [0.1, 0.15) is 29.8 Å². The quantitative estimate of drug-likeness (QED) is 0.372. The summed E-state index contributed by atoms with van der Waals surface area (Å²) in [5.74, 6) is -0.569. The highest BCUT2D eigenvalue weighted by atomic mass is 16.5. The van der Waals surface area contributed by atoms with E-state index in [4.69, 9.17) is 14.2 Å². The topological polar surface area (TPSA) is 103 Å². The van der Waals surface area contributed by atoms with Crippen molar-refractivity contribution >= 4 is 23.5 Å². The van der Waals surface area contributed by atoms with Crippen molar-refractivity contribution in [3.05, 3.63) is 90.0 Å². The predicted molar refractivity (Wildman–Crippen MR) is 136 cm³/mol. The average Bonchev–Trinajstić information content (AvgIpc) is 2.89.